The summed E-state index contributed by atoms with van der Waals surface area (Å²) in [5.41, 5.74) is 7.30. The molecule has 0 aromatic heterocycles. The van der Waals surface area contributed by atoms with Gasteiger partial charge in [0.15, 0.2) is 0 Å². The summed E-state index contributed by atoms with van der Waals surface area (Å²) in [7, 11) is 1.64. The zero-order valence-electron chi connectivity index (χ0n) is 10.8. The SMILES string of the molecule is COc1ccc(C(N)CC2CCNCC2)c(Cl)c1. The van der Waals surface area contributed by atoms with Gasteiger partial charge in [-0.2, -0.15) is 0 Å². The summed E-state index contributed by atoms with van der Waals surface area (Å²) >= 11 is 6.25. The van der Waals surface area contributed by atoms with Gasteiger partial charge in [0.25, 0.3) is 0 Å². The second-order valence-corrected chi connectivity index (χ2v) is 5.33. The van der Waals surface area contributed by atoms with E-state index < -0.39 is 0 Å². The van der Waals surface area contributed by atoms with Crippen molar-refractivity contribution >= 4 is 11.6 Å². The van der Waals surface area contributed by atoms with Crippen molar-refractivity contribution in [1.82, 2.24) is 5.32 Å². The molecule has 18 heavy (non-hydrogen) atoms. The number of nitrogens with two attached hydrogens (primary N) is 1. The highest BCUT2D eigenvalue weighted by atomic mass is 35.5. The third kappa shape index (κ3) is 3.37. The highest BCUT2D eigenvalue weighted by Gasteiger charge is 2.19. The number of methoxy groups -OCH3 is 1. The lowest BCUT2D eigenvalue weighted by atomic mass is 9.89. The van der Waals surface area contributed by atoms with Gasteiger partial charge in [0.1, 0.15) is 5.75 Å². The molecular weight excluding hydrogens is 248 g/mol. The van der Waals surface area contributed by atoms with Gasteiger partial charge in [0.05, 0.1) is 7.11 Å². The zero-order valence-corrected chi connectivity index (χ0v) is 11.5. The Morgan fingerprint density at radius 3 is 2.78 bits per heavy atom. The molecule has 1 heterocycles. The summed E-state index contributed by atoms with van der Waals surface area (Å²) in [5.74, 6) is 1.48. The maximum atomic E-state index is 6.27. The predicted molar refractivity (Wildman–Crippen MR) is 75.1 cm³/mol. The molecule has 0 spiro atoms. The van der Waals surface area contributed by atoms with E-state index in [0.29, 0.717) is 10.9 Å². The lowest BCUT2D eigenvalue weighted by Crippen LogP contribution is -2.29. The van der Waals surface area contributed by atoms with Gasteiger partial charge >= 0.3 is 0 Å². The van der Waals surface area contributed by atoms with Crippen molar-refractivity contribution in [2.45, 2.75) is 25.3 Å². The van der Waals surface area contributed by atoms with Gasteiger partial charge in [-0.15, -0.1) is 0 Å². The highest BCUT2D eigenvalue weighted by Crippen LogP contribution is 2.31. The smallest absolute Gasteiger partial charge is 0.120 e. The number of halogens is 1. The van der Waals surface area contributed by atoms with Gasteiger partial charge in [-0.1, -0.05) is 17.7 Å². The number of nitrogens with one attached hydrogen (secondary N) is 1. The molecule has 1 fully saturated rings. The van der Waals surface area contributed by atoms with Gasteiger partial charge in [0.2, 0.25) is 0 Å². The molecule has 1 saturated heterocycles. The quantitative estimate of drug-likeness (QED) is 0.883. The average molecular weight is 269 g/mol. The summed E-state index contributed by atoms with van der Waals surface area (Å²) < 4.78 is 5.15. The summed E-state index contributed by atoms with van der Waals surface area (Å²) in [6.07, 6.45) is 3.43. The van der Waals surface area contributed by atoms with E-state index >= 15 is 0 Å². The van der Waals surface area contributed by atoms with Crippen molar-refractivity contribution in [2.24, 2.45) is 11.7 Å². The number of hydrogen-bond donors (Lipinski definition) is 2. The van der Waals surface area contributed by atoms with Crippen molar-refractivity contribution in [1.29, 1.82) is 0 Å². The van der Waals surface area contributed by atoms with Crippen molar-refractivity contribution in [2.75, 3.05) is 20.2 Å². The fourth-order valence-electron chi connectivity index (χ4n) is 2.54. The Labute approximate surface area is 114 Å². The number of piperidine rings is 1. The first kappa shape index (κ1) is 13.7. The summed E-state index contributed by atoms with van der Waals surface area (Å²) in [4.78, 5) is 0. The Bertz CT molecular complexity index is 391. The van der Waals surface area contributed by atoms with Gasteiger partial charge in [-0.05, 0) is 56.0 Å². The molecule has 1 atom stereocenters. The molecule has 1 aromatic rings. The zero-order chi connectivity index (χ0) is 13.0. The summed E-state index contributed by atoms with van der Waals surface area (Å²) in [5, 5.41) is 4.08. The lowest BCUT2D eigenvalue weighted by Gasteiger charge is -2.25. The fourth-order valence-corrected chi connectivity index (χ4v) is 2.85. The van der Waals surface area contributed by atoms with E-state index in [1.54, 1.807) is 7.11 Å². The maximum absolute atomic E-state index is 6.27. The van der Waals surface area contributed by atoms with Crippen molar-refractivity contribution in [3.05, 3.63) is 28.8 Å². The number of benzene rings is 1. The van der Waals surface area contributed by atoms with E-state index in [9.17, 15) is 0 Å². The monoisotopic (exact) mass is 268 g/mol. The van der Waals surface area contributed by atoms with E-state index in [-0.39, 0.29) is 6.04 Å². The van der Waals surface area contributed by atoms with Gasteiger partial charge in [0, 0.05) is 11.1 Å². The van der Waals surface area contributed by atoms with Crippen LogP contribution in [0.2, 0.25) is 5.02 Å². The standard InChI is InChI=1S/C14H21ClN2O/c1-18-11-2-3-12(13(15)9-11)14(16)8-10-4-6-17-7-5-10/h2-3,9-10,14,17H,4-8,16H2,1H3. The first-order valence-corrected chi connectivity index (χ1v) is 6.88. The van der Waals surface area contributed by atoms with Crippen LogP contribution in [0.15, 0.2) is 18.2 Å². The van der Waals surface area contributed by atoms with Crippen LogP contribution in [0.25, 0.3) is 0 Å². The molecule has 4 heteroatoms. The molecule has 3 N–H and O–H groups in total. The summed E-state index contributed by atoms with van der Waals surface area (Å²) in [6.45, 7) is 2.21. The Kier molecular flexibility index (Phi) is 4.87. The molecule has 3 nitrogen and oxygen atoms in total. The van der Waals surface area contributed by atoms with Crippen LogP contribution in [0.4, 0.5) is 0 Å². The fraction of sp³-hybridized carbons (Fsp3) is 0.571. The van der Waals surface area contributed by atoms with Crippen molar-refractivity contribution < 1.29 is 4.74 Å². The first-order chi connectivity index (χ1) is 8.70. The molecule has 0 saturated carbocycles. The van der Waals surface area contributed by atoms with Gasteiger partial charge < -0.3 is 15.8 Å². The average Bonchev–Trinajstić information content (AvgIpc) is 2.39. The van der Waals surface area contributed by atoms with Crippen LogP contribution in [-0.4, -0.2) is 20.2 Å². The molecule has 100 valence electrons. The van der Waals surface area contributed by atoms with E-state index in [1.165, 1.54) is 12.8 Å². The minimum absolute atomic E-state index is 0.0199. The van der Waals surface area contributed by atoms with Crippen LogP contribution >= 0.6 is 11.6 Å². The lowest BCUT2D eigenvalue weighted by molar-refractivity contribution is 0.333. The van der Waals surface area contributed by atoms with Crippen LogP contribution in [-0.2, 0) is 0 Å². The molecule has 1 aliphatic heterocycles. The van der Waals surface area contributed by atoms with Crippen LogP contribution < -0.4 is 15.8 Å². The minimum atomic E-state index is 0.0199. The minimum Gasteiger partial charge on any atom is -0.497 e. The van der Waals surface area contributed by atoms with E-state index in [4.69, 9.17) is 22.1 Å². The Morgan fingerprint density at radius 2 is 2.17 bits per heavy atom. The highest BCUT2D eigenvalue weighted by molar-refractivity contribution is 6.31. The molecule has 1 unspecified atom stereocenters. The first-order valence-electron chi connectivity index (χ1n) is 6.50. The third-order valence-corrected chi connectivity index (χ3v) is 3.98. The predicted octanol–water partition coefficient (Wildman–Crippen LogP) is 2.74. The van der Waals surface area contributed by atoms with Crippen LogP contribution in [0, 0.1) is 5.92 Å². The van der Waals surface area contributed by atoms with E-state index in [1.807, 2.05) is 18.2 Å². The number of hydrogen-bond acceptors (Lipinski definition) is 3. The molecule has 1 aromatic carbocycles. The van der Waals surface area contributed by atoms with Crippen LogP contribution in [0.5, 0.6) is 5.75 Å². The van der Waals surface area contributed by atoms with E-state index in [2.05, 4.69) is 5.32 Å². The number of rotatable bonds is 4. The second kappa shape index (κ2) is 6.41. The second-order valence-electron chi connectivity index (χ2n) is 4.92. The van der Waals surface area contributed by atoms with Crippen molar-refractivity contribution in [3.8, 4) is 5.75 Å². The molecule has 0 amide bonds. The molecule has 1 aliphatic rings. The maximum Gasteiger partial charge on any atom is 0.120 e. The normalized spacial score (nSPS) is 18.6. The van der Waals surface area contributed by atoms with Crippen LogP contribution in [0.3, 0.4) is 0 Å². The molecular formula is C14H21ClN2O. The largest absolute Gasteiger partial charge is 0.497 e. The van der Waals surface area contributed by atoms with E-state index in [0.717, 1.165) is 30.8 Å². The third-order valence-electron chi connectivity index (χ3n) is 3.65. The Hall–Kier alpha value is -0.770. The van der Waals surface area contributed by atoms with Gasteiger partial charge in [-0.3, -0.25) is 0 Å². The molecule has 0 bridgehead atoms. The summed E-state index contributed by atoms with van der Waals surface area (Å²) in [6, 6.07) is 5.75. The number of ether oxygens (including phenoxy) is 1. The topological polar surface area (TPSA) is 47.3 Å². The Morgan fingerprint density at radius 1 is 1.44 bits per heavy atom. The molecule has 0 radical (unpaired) electrons. The van der Waals surface area contributed by atoms with Crippen molar-refractivity contribution in [3.63, 3.8) is 0 Å². The van der Waals surface area contributed by atoms with Gasteiger partial charge in [-0.25, -0.2) is 0 Å². The molecule has 2 rings (SSSR count). The Balaban J connectivity index is 2.01. The van der Waals surface area contributed by atoms with Crippen LogP contribution in [0.1, 0.15) is 30.9 Å². The molecule has 0 aliphatic carbocycles.